The summed E-state index contributed by atoms with van der Waals surface area (Å²) < 4.78 is 25.3. The monoisotopic (exact) mass is 424 g/mol. The maximum atomic E-state index is 14.9. The molecule has 8 heteroatoms. The third-order valence-electron chi connectivity index (χ3n) is 5.37. The van der Waals surface area contributed by atoms with Gasteiger partial charge in [-0.15, -0.1) is 0 Å². The molecule has 1 saturated heterocycles. The molecule has 7 nitrogen and oxygen atoms in total. The number of rotatable bonds is 6. The third-order valence-corrected chi connectivity index (χ3v) is 5.37. The highest BCUT2D eigenvalue weighted by atomic mass is 19.1. The van der Waals surface area contributed by atoms with Crippen molar-refractivity contribution in [2.75, 3.05) is 37.7 Å². The van der Waals surface area contributed by atoms with Gasteiger partial charge in [-0.1, -0.05) is 35.5 Å². The quantitative estimate of drug-likeness (QED) is 0.560. The second kappa shape index (κ2) is 9.26. The van der Waals surface area contributed by atoms with Crippen molar-refractivity contribution in [3.63, 3.8) is 0 Å². The first-order chi connectivity index (χ1) is 15.1. The molecule has 2 heterocycles. The number of nitrogens with zero attached hydrogens (tertiary/aromatic N) is 4. The number of ether oxygens (including phenoxy) is 1. The van der Waals surface area contributed by atoms with E-state index < -0.39 is 6.04 Å². The van der Waals surface area contributed by atoms with E-state index in [1.54, 1.807) is 26.0 Å². The van der Waals surface area contributed by atoms with Gasteiger partial charge >= 0.3 is 5.97 Å². The van der Waals surface area contributed by atoms with Crippen LogP contribution in [-0.4, -0.2) is 53.8 Å². The SMILES string of the molecule is CCOC(=O)C(c1ccccc1)N1CCN(c2ccc(-c3nc(C)no3)cc2F)CC1. The zero-order valence-electron chi connectivity index (χ0n) is 17.6. The van der Waals surface area contributed by atoms with Gasteiger partial charge in [0.2, 0.25) is 0 Å². The third kappa shape index (κ3) is 4.59. The minimum Gasteiger partial charge on any atom is -0.465 e. The summed E-state index contributed by atoms with van der Waals surface area (Å²) in [5.41, 5.74) is 1.97. The molecular formula is C23H25FN4O3. The second-order valence-electron chi connectivity index (χ2n) is 7.40. The molecule has 4 rings (SSSR count). The lowest BCUT2D eigenvalue weighted by Gasteiger charge is -2.39. The van der Waals surface area contributed by atoms with Gasteiger partial charge in [-0.3, -0.25) is 4.90 Å². The van der Waals surface area contributed by atoms with Crippen LogP contribution in [0.2, 0.25) is 0 Å². The lowest BCUT2D eigenvalue weighted by Crippen LogP contribution is -2.49. The Hall–Kier alpha value is -3.26. The predicted molar refractivity (Wildman–Crippen MR) is 114 cm³/mol. The van der Waals surface area contributed by atoms with Gasteiger partial charge < -0.3 is 14.2 Å². The number of esters is 1. The summed E-state index contributed by atoms with van der Waals surface area (Å²) >= 11 is 0. The van der Waals surface area contributed by atoms with Crippen LogP contribution in [0.4, 0.5) is 10.1 Å². The van der Waals surface area contributed by atoms with Gasteiger partial charge in [-0.25, -0.2) is 9.18 Å². The van der Waals surface area contributed by atoms with Crippen LogP contribution in [0.3, 0.4) is 0 Å². The summed E-state index contributed by atoms with van der Waals surface area (Å²) in [7, 11) is 0. The number of aromatic nitrogens is 2. The van der Waals surface area contributed by atoms with E-state index in [1.807, 2.05) is 35.2 Å². The normalized spacial score (nSPS) is 15.6. The molecule has 1 aromatic heterocycles. The number of benzene rings is 2. The molecule has 1 unspecified atom stereocenters. The van der Waals surface area contributed by atoms with E-state index in [-0.39, 0.29) is 11.8 Å². The van der Waals surface area contributed by atoms with E-state index in [9.17, 15) is 9.18 Å². The number of piperazine rings is 1. The van der Waals surface area contributed by atoms with E-state index in [1.165, 1.54) is 6.07 Å². The summed E-state index contributed by atoms with van der Waals surface area (Å²) in [6.45, 7) is 6.28. The first kappa shape index (κ1) is 21.0. The lowest BCUT2D eigenvalue weighted by molar-refractivity contribution is -0.150. The van der Waals surface area contributed by atoms with E-state index in [4.69, 9.17) is 9.26 Å². The fourth-order valence-corrected chi connectivity index (χ4v) is 3.88. The van der Waals surface area contributed by atoms with Crippen molar-refractivity contribution in [3.05, 3.63) is 65.7 Å². The zero-order valence-corrected chi connectivity index (χ0v) is 17.6. The van der Waals surface area contributed by atoms with Gasteiger partial charge in [0.05, 0.1) is 12.3 Å². The Labute approximate surface area is 180 Å². The second-order valence-corrected chi connectivity index (χ2v) is 7.40. The number of carbonyl (C=O) groups excluding carboxylic acids is 1. The Bertz CT molecular complexity index is 1030. The van der Waals surface area contributed by atoms with Crippen LogP contribution in [0.5, 0.6) is 0 Å². The largest absolute Gasteiger partial charge is 0.465 e. The Morgan fingerprint density at radius 3 is 2.52 bits per heavy atom. The van der Waals surface area contributed by atoms with Crippen molar-refractivity contribution in [2.45, 2.75) is 19.9 Å². The van der Waals surface area contributed by atoms with Crippen molar-refractivity contribution >= 4 is 11.7 Å². The fraction of sp³-hybridized carbons (Fsp3) is 0.348. The average molecular weight is 424 g/mol. The number of carbonyl (C=O) groups is 1. The van der Waals surface area contributed by atoms with Gasteiger partial charge in [-0.2, -0.15) is 4.98 Å². The molecule has 162 valence electrons. The summed E-state index contributed by atoms with van der Waals surface area (Å²) in [6, 6.07) is 14.1. The van der Waals surface area contributed by atoms with Gasteiger partial charge in [-0.05, 0) is 37.6 Å². The molecule has 1 aliphatic rings. The van der Waals surface area contributed by atoms with Gasteiger partial charge in [0.15, 0.2) is 5.82 Å². The molecular weight excluding hydrogens is 399 g/mol. The molecule has 3 aromatic rings. The zero-order chi connectivity index (χ0) is 21.8. The topological polar surface area (TPSA) is 71.7 Å². The molecule has 1 fully saturated rings. The van der Waals surface area contributed by atoms with Crippen LogP contribution < -0.4 is 4.90 Å². The highest BCUT2D eigenvalue weighted by molar-refractivity contribution is 5.77. The maximum Gasteiger partial charge on any atom is 0.328 e. The van der Waals surface area contributed by atoms with Crippen LogP contribution in [0.15, 0.2) is 53.1 Å². The van der Waals surface area contributed by atoms with E-state index in [0.29, 0.717) is 55.8 Å². The first-order valence-corrected chi connectivity index (χ1v) is 10.4. The van der Waals surface area contributed by atoms with E-state index in [2.05, 4.69) is 15.0 Å². The van der Waals surface area contributed by atoms with Crippen molar-refractivity contribution in [1.82, 2.24) is 15.0 Å². The Morgan fingerprint density at radius 2 is 1.90 bits per heavy atom. The molecule has 0 bridgehead atoms. The van der Waals surface area contributed by atoms with Crippen molar-refractivity contribution in [3.8, 4) is 11.5 Å². The van der Waals surface area contributed by atoms with Gasteiger partial charge in [0, 0.05) is 31.7 Å². The van der Waals surface area contributed by atoms with E-state index in [0.717, 1.165) is 5.56 Å². The minimum absolute atomic E-state index is 0.257. The molecule has 2 aromatic carbocycles. The molecule has 1 atom stereocenters. The first-order valence-electron chi connectivity index (χ1n) is 10.4. The summed E-state index contributed by atoms with van der Waals surface area (Å²) in [5.74, 6) is 0.206. The average Bonchev–Trinajstić information content (AvgIpc) is 3.22. The predicted octanol–water partition coefficient (Wildman–Crippen LogP) is 3.61. The molecule has 1 aliphatic heterocycles. The van der Waals surface area contributed by atoms with Crippen LogP contribution in [-0.2, 0) is 9.53 Å². The smallest absolute Gasteiger partial charge is 0.328 e. The van der Waals surface area contributed by atoms with E-state index >= 15 is 0 Å². The maximum absolute atomic E-state index is 14.9. The molecule has 0 saturated carbocycles. The highest BCUT2D eigenvalue weighted by Gasteiger charge is 2.32. The molecule has 0 N–H and O–H groups in total. The van der Waals surface area contributed by atoms with Crippen molar-refractivity contribution in [2.24, 2.45) is 0 Å². The van der Waals surface area contributed by atoms with Crippen molar-refractivity contribution in [1.29, 1.82) is 0 Å². The van der Waals surface area contributed by atoms with Crippen LogP contribution in [0.25, 0.3) is 11.5 Å². The molecule has 0 amide bonds. The summed E-state index contributed by atoms with van der Waals surface area (Å²) in [6.07, 6.45) is 0. The standard InChI is InChI=1S/C23H25FN4O3/c1-3-30-23(29)21(17-7-5-4-6-8-17)28-13-11-27(12-14-28)20-10-9-18(15-19(20)24)22-25-16(2)26-31-22/h4-10,15,21H,3,11-14H2,1-2H3. The molecule has 0 radical (unpaired) electrons. The number of hydrogen-bond acceptors (Lipinski definition) is 7. The molecule has 31 heavy (non-hydrogen) atoms. The fourth-order valence-electron chi connectivity index (χ4n) is 3.88. The Kier molecular flexibility index (Phi) is 6.27. The summed E-state index contributed by atoms with van der Waals surface area (Å²) in [5, 5.41) is 3.75. The number of halogens is 1. The van der Waals surface area contributed by atoms with Crippen LogP contribution >= 0.6 is 0 Å². The Balaban J connectivity index is 1.48. The van der Waals surface area contributed by atoms with Crippen LogP contribution in [0, 0.1) is 12.7 Å². The molecule has 0 spiro atoms. The highest BCUT2D eigenvalue weighted by Crippen LogP contribution is 2.29. The number of hydrogen-bond donors (Lipinski definition) is 0. The lowest BCUT2D eigenvalue weighted by atomic mass is 10.0. The van der Waals surface area contributed by atoms with Crippen molar-refractivity contribution < 1.29 is 18.4 Å². The number of aryl methyl sites for hydroxylation is 1. The minimum atomic E-state index is -0.462. The summed E-state index contributed by atoms with van der Waals surface area (Å²) in [4.78, 5) is 20.9. The van der Waals surface area contributed by atoms with Gasteiger partial charge in [0.25, 0.3) is 5.89 Å². The van der Waals surface area contributed by atoms with Crippen LogP contribution in [0.1, 0.15) is 24.4 Å². The van der Waals surface area contributed by atoms with Gasteiger partial charge in [0.1, 0.15) is 11.9 Å². The molecule has 0 aliphatic carbocycles. The Morgan fingerprint density at radius 1 is 1.16 bits per heavy atom. The number of anilines is 1.